The summed E-state index contributed by atoms with van der Waals surface area (Å²) in [5.41, 5.74) is 2.29. The number of nitrogens with zero attached hydrogens (tertiary/aromatic N) is 1. The highest BCUT2D eigenvalue weighted by Crippen LogP contribution is 2.30. The molecule has 182 valence electrons. The summed E-state index contributed by atoms with van der Waals surface area (Å²) in [6, 6.07) is 24.6. The molecular weight excluding hydrogens is 531 g/mol. The highest BCUT2D eigenvalue weighted by molar-refractivity contribution is 8.00. The van der Waals surface area contributed by atoms with Crippen LogP contribution in [0.5, 0.6) is 0 Å². The van der Waals surface area contributed by atoms with Gasteiger partial charge in [0, 0.05) is 21.5 Å². The maximum Gasteiger partial charge on any atom is 0.271 e. The first-order chi connectivity index (χ1) is 17.4. The lowest BCUT2D eigenvalue weighted by atomic mass is 10.1. The molecule has 36 heavy (non-hydrogen) atoms. The van der Waals surface area contributed by atoms with Gasteiger partial charge in [0.15, 0.2) is 5.13 Å². The molecular formula is C26H21N3O3S4. The van der Waals surface area contributed by atoms with Crippen LogP contribution in [0.25, 0.3) is 22.0 Å². The van der Waals surface area contributed by atoms with E-state index in [0.29, 0.717) is 10.8 Å². The molecule has 10 heteroatoms. The summed E-state index contributed by atoms with van der Waals surface area (Å²) in [7, 11) is -3.59. The number of nitrogens with one attached hydrogen (secondary N) is 2. The lowest BCUT2D eigenvalue weighted by Gasteiger charge is -2.11. The fraction of sp³-hybridized carbons (Fsp3) is 0.0769. The molecule has 1 amide bonds. The smallest absolute Gasteiger partial charge is 0.271 e. The number of anilines is 2. The van der Waals surface area contributed by atoms with Crippen LogP contribution in [0.15, 0.2) is 98.7 Å². The Balaban J connectivity index is 1.19. The van der Waals surface area contributed by atoms with E-state index in [1.54, 1.807) is 41.8 Å². The molecule has 2 heterocycles. The van der Waals surface area contributed by atoms with Crippen LogP contribution in [0.1, 0.15) is 6.92 Å². The number of carbonyl (C=O) groups excluding carboxylic acids is 1. The number of benzene rings is 3. The molecule has 0 fully saturated rings. The second-order valence-corrected chi connectivity index (χ2v) is 13.0. The van der Waals surface area contributed by atoms with Gasteiger partial charge in [0.1, 0.15) is 4.21 Å². The van der Waals surface area contributed by atoms with Crippen LogP contribution >= 0.6 is 34.4 Å². The lowest BCUT2D eigenvalue weighted by molar-refractivity contribution is -0.115. The van der Waals surface area contributed by atoms with E-state index >= 15 is 0 Å². The monoisotopic (exact) mass is 551 g/mol. The molecule has 0 saturated carbocycles. The van der Waals surface area contributed by atoms with Crippen molar-refractivity contribution in [3.63, 3.8) is 0 Å². The quantitative estimate of drug-likeness (QED) is 0.204. The Bertz CT molecular complexity index is 1610. The zero-order chi connectivity index (χ0) is 25.1. The summed E-state index contributed by atoms with van der Waals surface area (Å²) in [4.78, 5) is 18.2. The van der Waals surface area contributed by atoms with Crippen LogP contribution in [0.3, 0.4) is 0 Å². The van der Waals surface area contributed by atoms with Gasteiger partial charge < -0.3 is 5.32 Å². The van der Waals surface area contributed by atoms with Gasteiger partial charge in [-0.3, -0.25) is 9.52 Å². The minimum Gasteiger partial charge on any atom is -0.301 e. The summed E-state index contributed by atoms with van der Waals surface area (Å²) in [6.07, 6.45) is 0. The first kappa shape index (κ1) is 24.5. The second kappa shape index (κ2) is 10.4. The van der Waals surface area contributed by atoms with E-state index in [9.17, 15) is 13.2 Å². The van der Waals surface area contributed by atoms with Gasteiger partial charge in [-0.15, -0.1) is 34.4 Å². The van der Waals surface area contributed by atoms with Crippen molar-refractivity contribution in [2.75, 3.05) is 10.0 Å². The SMILES string of the molecule is CC(Sc1ccc(NS(=O)(=O)c2cccs2)cc1)C(=O)Nc1nc(-c2ccc3ccccc3c2)cs1. The Labute approximate surface area is 221 Å². The maximum atomic E-state index is 12.8. The first-order valence-electron chi connectivity index (χ1n) is 11.0. The van der Waals surface area contributed by atoms with Crippen molar-refractivity contribution in [3.05, 3.63) is 89.6 Å². The fourth-order valence-corrected chi connectivity index (χ4v) is 7.14. The highest BCUT2D eigenvalue weighted by Gasteiger charge is 2.18. The average Bonchev–Trinajstić information content (AvgIpc) is 3.58. The van der Waals surface area contributed by atoms with Crippen LogP contribution < -0.4 is 10.0 Å². The van der Waals surface area contributed by atoms with E-state index in [1.165, 1.54) is 28.5 Å². The number of thiophene rings is 1. The van der Waals surface area contributed by atoms with Crippen molar-refractivity contribution in [3.8, 4) is 11.3 Å². The number of thiazole rings is 1. The Hall–Kier alpha value is -3.18. The Kier molecular flexibility index (Phi) is 7.10. The van der Waals surface area contributed by atoms with Crippen molar-refractivity contribution < 1.29 is 13.2 Å². The van der Waals surface area contributed by atoms with E-state index in [-0.39, 0.29) is 15.4 Å². The van der Waals surface area contributed by atoms with Gasteiger partial charge in [-0.1, -0.05) is 42.5 Å². The predicted molar refractivity (Wildman–Crippen MR) is 151 cm³/mol. The molecule has 0 aliphatic heterocycles. The van der Waals surface area contributed by atoms with E-state index in [4.69, 9.17) is 0 Å². The van der Waals surface area contributed by atoms with Crippen molar-refractivity contribution >= 4 is 72.0 Å². The summed E-state index contributed by atoms with van der Waals surface area (Å²) in [5, 5.41) is 9.06. The second-order valence-electron chi connectivity index (χ2n) is 7.91. The number of hydrogen-bond acceptors (Lipinski definition) is 7. The third-order valence-corrected chi connectivity index (χ3v) is 9.98. The zero-order valence-corrected chi connectivity index (χ0v) is 22.3. The molecule has 0 aliphatic carbocycles. The maximum absolute atomic E-state index is 12.8. The van der Waals surface area contributed by atoms with Gasteiger partial charge >= 0.3 is 0 Å². The number of hydrogen-bond donors (Lipinski definition) is 2. The predicted octanol–water partition coefficient (Wildman–Crippen LogP) is 6.94. The molecule has 0 aliphatic rings. The molecule has 0 saturated heterocycles. The molecule has 2 aromatic heterocycles. The van der Waals surface area contributed by atoms with E-state index < -0.39 is 10.0 Å². The number of thioether (sulfide) groups is 1. The van der Waals surface area contributed by atoms with Gasteiger partial charge in [0.05, 0.1) is 10.9 Å². The van der Waals surface area contributed by atoms with Crippen LogP contribution in [0.2, 0.25) is 0 Å². The number of amides is 1. The van der Waals surface area contributed by atoms with Crippen LogP contribution in [0, 0.1) is 0 Å². The molecule has 3 aromatic carbocycles. The molecule has 2 N–H and O–H groups in total. The van der Waals surface area contributed by atoms with Crippen molar-refractivity contribution in [1.29, 1.82) is 0 Å². The summed E-state index contributed by atoms with van der Waals surface area (Å²) in [6.45, 7) is 1.82. The number of rotatable bonds is 8. The van der Waals surface area contributed by atoms with Crippen LogP contribution in [-0.2, 0) is 14.8 Å². The molecule has 6 nitrogen and oxygen atoms in total. The minimum atomic E-state index is -3.59. The summed E-state index contributed by atoms with van der Waals surface area (Å²) >= 11 is 3.94. The third kappa shape index (κ3) is 5.62. The van der Waals surface area contributed by atoms with Gasteiger partial charge in [-0.05, 0) is 59.5 Å². The number of aromatic nitrogens is 1. The Morgan fingerprint density at radius 2 is 1.72 bits per heavy atom. The Morgan fingerprint density at radius 3 is 2.47 bits per heavy atom. The molecule has 0 radical (unpaired) electrons. The summed E-state index contributed by atoms with van der Waals surface area (Å²) in [5.74, 6) is -0.151. The normalized spacial score (nSPS) is 12.4. The molecule has 1 atom stereocenters. The molecule has 1 unspecified atom stereocenters. The van der Waals surface area contributed by atoms with Gasteiger partial charge in [0.25, 0.3) is 10.0 Å². The first-order valence-corrected chi connectivity index (χ1v) is 15.1. The number of sulfonamides is 1. The zero-order valence-electron chi connectivity index (χ0n) is 19.0. The fourth-order valence-electron chi connectivity index (χ4n) is 3.50. The Morgan fingerprint density at radius 1 is 0.944 bits per heavy atom. The minimum absolute atomic E-state index is 0.151. The standard InChI is InChI=1S/C26H21N3O3S4/c1-17(35-22-12-10-21(11-13-22)29-36(31,32)24-7-4-14-33-24)25(30)28-26-27-23(16-34-26)20-9-8-18-5-2-3-6-19(18)15-20/h2-17,29H,1H3,(H,27,28,30). The molecule has 0 bridgehead atoms. The number of fused-ring (bicyclic) bond motifs is 1. The molecule has 5 aromatic rings. The van der Waals surface area contributed by atoms with Crippen molar-refractivity contribution in [2.24, 2.45) is 0 Å². The van der Waals surface area contributed by atoms with E-state index in [0.717, 1.165) is 32.9 Å². The largest absolute Gasteiger partial charge is 0.301 e. The highest BCUT2D eigenvalue weighted by atomic mass is 32.2. The number of carbonyl (C=O) groups is 1. The topological polar surface area (TPSA) is 88.2 Å². The van der Waals surface area contributed by atoms with Gasteiger partial charge in [0.2, 0.25) is 5.91 Å². The van der Waals surface area contributed by atoms with Crippen LogP contribution in [0.4, 0.5) is 10.8 Å². The van der Waals surface area contributed by atoms with E-state index in [1.807, 2.05) is 30.5 Å². The van der Waals surface area contributed by atoms with Gasteiger partial charge in [-0.2, -0.15) is 0 Å². The molecule has 0 spiro atoms. The third-order valence-electron chi connectivity index (χ3n) is 5.33. The van der Waals surface area contributed by atoms with Crippen LogP contribution in [-0.4, -0.2) is 24.6 Å². The van der Waals surface area contributed by atoms with Crippen molar-refractivity contribution in [2.45, 2.75) is 21.3 Å². The summed E-state index contributed by atoms with van der Waals surface area (Å²) < 4.78 is 27.6. The van der Waals surface area contributed by atoms with Gasteiger partial charge in [-0.25, -0.2) is 13.4 Å². The lowest BCUT2D eigenvalue weighted by Crippen LogP contribution is -2.22. The average molecular weight is 552 g/mol. The molecule has 5 rings (SSSR count). The van der Waals surface area contributed by atoms with E-state index in [2.05, 4.69) is 39.3 Å². The van der Waals surface area contributed by atoms with Crippen molar-refractivity contribution in [1.82, 2.24) is 4.98 Å².